The van der Waals surface area contributed by atoms with Gasteiger partial charge in [-0.2, -0.15) is 0 Å². The number of phenolic OH excluding ortho intramolecular Hbond substituents is 2. The molecule has 1 heterocycles. The second kappa shape index (κ2) is 6.13. The second-order valence-electron chi connectivity index (χ2n) is 5.25. The zero-order chi connectivity index (χ0) is 14.7. The molecule has 0 atom stereocenters. The topological polar surface area (TPSA) is 64.0 Å². The fourth-order valence-corrected chi connectivity index (χ4v) is 2.68. The first-order chi connectivity index (χ1) is 9.54. The van der Waals surface area contributed by atoms with Gasteiger partial charge in [-0.1, -0.05) is 13.0 Å². The maximum absolute atomic E-state index is 12.4. The van der Waals surface area contributed by atoms with Gasteiger partial charge in [0.25, 0.3) is 5.91 Å². The molecule has 20 heavy (non-hydrogen) atoms. The third kappa shape index (κ3) is 2.88. The lowest BCUT2D eigenvalue weighted by Crippen LogP contribution is -2.45. The van der Waals surface area contributed by atoms with Gasteiger partial charge in [0.2, 0.25) is 0 Å². The fraction of sp³-hybridized carbons (Fsp3) is 0.533. The lowest BCUT2D eigenvalue weighted by atomic mass is 10.0. The van der Waals surface area contributed by atoms with Crippen LogP contribution in [0.15, 0.2) is 18.2 Å². The van der Waals surface area contributed by atoms with E-state index in [4.69, 9.17) is 0 Å². The Morgan fingerprint density at radius 3 is 2.60 bits per heavy atom. The summed E-state index contributed by atoms with van der Waals surface area (Å²) in [4.78, 5) is 16.5. The summed E-state index contributed by atoms with van der Waals surface area (Å²) in [5.74, 6) is -0.839. The molecule has 0 bridgehead atoms. The minimum atomic E-state index is -0.338. The standard InChI is InChI=1S/C15H22N2O3/c1-3-17-9-7-11(8-10-17)16(2)15(20)12-5-4-6-13(18)14(12)19/h4-6,11,18-19H,3,7-10H2,1-2H3. The van der Waals surface area contributed by atoms with Gasteiger partial charge in [0.15, 0.2) is 11.5 Å². The molecule has 0 aliphatic carbocycles. The summed E-state index contributed by atoms with van der Waals surface area (Å²) in [7, 11) is 1.76. The summed E-state index contributed by atoms with van der Waals surface area (Å²) < 4.78 is 0. The van der Waals surface area contributed by atoms with E-state index in [1.807, 2.05) is 0 Å². The van der Waals surface area contributed by atoms with E-state index in [1.165, 1.54) is 12.1 Å². The number of piperidine rings is 1. The van der Waals surface area contributed by atoms with Crippen LogP contribution >= 0.6 is 0 Å². The number of phenols is 2. The molecule has 1 saturated heterocycles. The molecule has 0 radical (unpaired) electrons. The van der Waals surface area contributed by atoms with E-state index in [0.29, 0.717) is 0 Å². The number of likely N-dealkylation sites (tertiary alicyclic amines) is 1. The Labute approximate surface area is 119 Å². The van der Waals surface area contributed by atoms with Gasteiger partial charge >= 0.3 is 0 Å². The highest BCUT2D eigenvalue weighted by Crippen LogP contribution is 2.30. The Hall–Kier alpha value is -1.75. The van der Waals surface area contributed by atoms with Crippen molar-refractivity contribution in [1.82, 2.24) is 9.80 Å². The van der Waals surface area contributed by atoms with Crippen LogP contribution in [0.4, 0.5) is 0 Å². The highest BCUT2D eigenvalue weighted by Gasteiger charge is 2.27. The summed E-state index contributed by atoms with van der Waals surface area (Å²) in [5, 5.41) is 19.3. The molecular weight excluding hydrogens is 256 g/mol. The van der Waals surface area contributed by atoms with Gasteiger partial charge in [-0.15, -0.1) is 0 Å². The Bertz CT molecular complexity index is 482. The minimum Gasteiger partial charge on any atom is -0.504 e. The Kier molecular flexibility index (Phi) is 4.49. The molecule has 0 spiro atoms. The molecular formula is C15H22N2O3. The molecule has 0 saturated carbocycles. The van der Waals surface area contributed by atoms with Crippen molar-refractivity contribution < 1.29 is 15.0 Å². The maximum Gasteiger partial charge on any atom is 0.257 e. The summed E-state index contributed by atoms with van der Waals surface area (Å²) in [5.41, 5.74) is 0.158. The number of carbonyl (C=O) groups is 1. The summed E-state index contributed by atoms with van der Waals surface area (Å²) >= 11 is 0. The largest absolute Gasteiger partial charge is 0.504 e. The fourth-order valence-electron chi connectivity index (χ4n) is 2.68. The van der Waals surface area contributed by atoms with Crippen molar-refractivity contribution in [2.24, 2.45) is 0 Å². The first-order valence-electron chi connectivity index (χ1n) is 7.05. The maximum atomic E-state index is 12.4. The Balaban J connectivity index is 2.07. The van der Waals surface area contributed by atoms with Crippen LogP contribution in [0.1, 0.15) is 30.1 Å². The number of carbonyl (C=O) groups excluding carboxylic acids is 1. The molecule has 1 fully saturated rings. The van der Waals surface area contributed by atoms with E-state index in [1.54, 1.807) is 18.0 Å². The SMILES string of the molecule is CCN1CCC(N(C)C(=O)c2cccc(O)c2O)CC1. The highest BCUT2D eigenvalue weighted by atomic mass is 16.3. The van der Waals surface area contributed by atoms with E-state index >= 15 is 0 Å². The number of amides is 1. The van der Waals surface area contributed by atoms with Crippen molar-refractivity contribution in [2.75, 3.05) is 26.7 Å². The van der Waals surface area contributed by atoms with Crippen LogP contribution in [0.2, 0.25) is 0 Å². The van der Waals surface area contributed by atoms with Crippen LogP contribution in [-0.2, 0) is 0 Å². The van der Waals surface area contributed by atoms with Crippen LogP contribution in [0.5, 0.6) is 11.5 Å². The van der Waals surface area contributed by atoms with Crippen molar-refractivity contribution in [3.63, 3.8) is 0 Å². The van der Waals surface area contributed by atoms with Crippen LogP contribution in [0, 0.1) is 0 Å². The zero-order valence-corrected chi connectivity index (χ0v) is 12.0. The summed E-state index contributed by atoms with van der Waals surface area (Å²) in [6, 6.07) is 4.66. The van der Waals surface area contributed by atoms with Crippen molar-refractivity contribution in [1.29, 1.82) is 0 Å². The van der Waals surface area contributed by atoms with Gasteiger partial charge in [-0.25, -0.2) is 0 Å². The first kappa shape index (κ1) is 14.7. The van der Waals surface area contributed by atoms with Crippen LogP contribution in [-0.4, -0.2) is 58.6 Å². The van der Waals surface area contributed by atoms with E-state index in [0.717, 1.165) is 32.5 Å². The minimum absolute atomic E-state index is 0.158. The van der Waals surface area contributed by atoms with E-state index in [-0.39, 0.29) is 29.0 Å². The van der Waals surface area contributed by atoms with Gasteiger partial charge in [0.05, 0.1) is 5.56 Å². The predicted octanol–water partition coefficient (Wildman–Crippen LogP) is 1.65. The molecule has 1 amide bonds. The molecule has 1 aliphatic heterocycles. The molecule has 0 unspecified atom stereocenters. The van der Waals surface area contributed by atoms with Crippen molar-refractivity contribution in [2.45, 2.75) is 25.8 Å². The lowest BCUT2D eigenvalue weighted by Gasteiger charge is -2.36. The molecule has 1 aliphatic rings. The number of aromatic hydroxyl groups is 2. The molecule has 5 nitrogen and oxygen atoms in total. The number of para-hydroxylation sites is 1. The summed E-state index contributed by atoms with van der Waals surface area (Å²) in [6.07, 6.45) is 1.88. The van der Waals surface area contributed by atoms with Crippen molar-refractivity contribution in [3.8, 4) is 11.5 Å². The van der Waals surface area contributed by atoms with Crippen molar-refractivity contribution in [3.05, 3.63) is 23.8 Å². The van der Waals surface area contributed by atoms with Gasteiger partial charge in [-0.05, 0) is 31.5 Å². The molecule has 110 valence electrons. The molecule has 1 aromatic rings. The van der Waals surface area contributed by atoms with Gasteiger partial charge in [0, 0.05) is 26.2 Å². The van der Waals surface area contributed by atoms with E-state index < -0.39 is 0 Å². The number of hydrogen-bond donors (Lipinski definition) is 2. The van der Waals surface area contributed by atoms with Crippen LogP contribution < -0.4 is 0 Å². The molecule has 2 rings (SSSR count). The third-order valence-corrected chi connectivity index (χ3v) is 4.12. The second-order valence-corrected chi connectivity index (χ2v) is 5.25. The molecule has 2 N–H and O–H groups in total. The number of rotatable bonds is 3. The zero-order valence-electron chi connectivity index (χ0n) is 12.0. The summed E-state index contributed by atoms with van der Waals surface area (Å²) in [6.45, 7) is 5.16. The average Bonchev–Trinajstić information content (AvgIpc) is 2.48. The average molecular weight is 278 g/mol. The normalized spacial score (nSPS) is 17.1. The smallest absolute Gasteiger partial charge is 0.257 e. The number of hydrogen-bond acceptors (Lipinski definition) is 4. The van der Waals surface area contributed by atoms with Gasteiger partial charge in [0.1, 0.15) is 0 Å². The Morgan fingerprint density at radius 2 is 2.00 bits per heavy atom. The highest BCUT2D eigenvalue weighted by molar-refractivity contribution is 5.97. The van der Waals surface area contributed by atoms with Crippen LogP contribution in [0.3, 0.4) is 0 Å². The van der Waals surface area contributed by atoms with Crippen LogP contribution in [0.25, 0.3) is 0 Å². The number of nitrogens with zero attached hydrogens (tertiary/aromatic N) is 2. The Morgan fingerprint density at radius 1 is 1.35 bits per heavy atom. The molecule has 0 aromatic heterocycles. The van der Waals surface area contributed by atoms with E-state index in [2.05, 4.69) is 11.8 Å². The predicted molar refractivity (Wildman–Crippen MR) is 77.0 cm³/mol. The lowest BCUT2D eigenvalue weighted by molar-refractivity contribution is 0.0643. The van der Waals surface area contributed by atoms with Crippen molar-refractivity contribution >= 4 is 5.91 Å². The van der Waals surface area contributed by atoms with E-state index in [9.17, 15) is 15.0 Å². The quantitative estimate of drug-likeness (QED) is 0.825. The molecule has 1 aromatic carbocycles. The van der Waals surface area contributed by atoms with Gasteiger partial charge in [-0.3, -0.25) is 4.79 Å². The number of benzene rings is 1. The monoisotopic (exact) mass is 278 g/mol. The molecule has 5 heteroatoms. The first-order valence-corrected chi connectivity index (χ1v) is 7.05. The van der Waals surface area contributed by atoms with Gasteiger partial charge < -0.3 is 20.0 Å². The third-order valence-electron chi connectivity index (χ3n) is 4.12.